The minimum atomic E-state index is -1.79. The maximum absolute atomic E-state index is 11.6. The van der Waals surface area contributed by atoms with Gasteiger partial charge in [-0.15, -0.1) is 0 Å². The van der Waals surface area contributed by atoms with Crippen LogP contribution in [0.15, 0.2) is 5.11 Å². The van der Waals surface area contributed by atoms with E-state index in [0.717, 1.165) is 13.8 Å². The third-order valence-electron chi connectivity index (χ3n) is 3.32. The largest absolute Gasteiger partial charge is 0.463 e. The summed E-state index contributed by atoms with van der Waals surface area (Å²) in [5.41, 5.74) is 5.22. The first-order valence-electron chi connectivity index (χ1n) is 7.58. The molecule has 1 fully saturated rings. The number of hydrogen-bond acceptors (Lipinski definition) is 10. The van der Waals surface area contributed by atoms with Gasteiger partial charge in [-0.1, -0.05) is 0 Å². The average molecular weight is 373 g/mol. The van der Waals surface area contributed by atoms with Crippen molar-refractivity contribution in [1.82, 2.24) is 10.2 Å². The van der Waals surface area contributed by atoms with Crippen LogP contribution < -0.4 is 10.2 Å². The zero-order valence-electron chi connectivity index (χ0n) is 14.8. The first-order valence-corrected chi connectivity index (χ1v) is 7.58. The van der Waals surface area contributed by atoms with Crippen LogP contribution in [-0.4, -0.2) is 61.0 Å². The number of ether oxygens (including phenoxy) is 4. The topological polar surface area (TPSA) is 168 Å². The monoisotopic (exact) mass is 373 g/mol. The number of rotatable bonds is 6. The van der Waals surface area contributed by atoms with Crippen molar-refractivity contribution < 1.29 is 38.1 Å². The molecule has 0 spiro atoms. The van der Waals surface area contributed by atoms with Gasteiger partial charge in [0.05, 0.1) is 0 Å². The van der Waals surface area contributed by atoms with Crippen molar-refractivity contribution in [2.75, 3.05) is 13.2 Å². The van der Waals surface area contributed by atoms with Gasteiger partial charge >= 0.3 is 17.9 Å². The Balaban J connectivity index is 3.34. The summed E-state index contributed by atoms with van der Waals surface area (Å²) in [6.45, 7) is 3.93. The molecule has 144 valence electrons. The van der Waals surface area contributed by atoms with Crippen LogP contribution in [0.2, 0.25) is 0 Å². The molecule has 1 rings (SSSR count). The molecule has 1 heterocycles. The summed E-state index contributed by atoms with van der Waals surface area (Å²) < 4.78 is 20.8. The summed E-state index contributed by atoms with van der Waals surface area (Å²) in [6, 6.07) is 0. The number of esters is 3. The Hall–Kier alpha value is -2.85. The van der Waals surface area contributed by atoms with Crippen molar-refractivity contribution in [1.29, 1.82) is 5.53 Å². The molecule has 0 bridgehead atoms. The summed E-state index contributed by atoms with van der Waals surface area (Å²) in [5.74, 6) is -2.65. The quantitative estimate of drug-likeness (QED) is 0.264. The van der Waals surface area contributed by atoms with Gasteiger partial charge in [-0.25, -0.2) is 0 Å². The van der Waals surface area contributed by atoms with Crippen molar-refractivity contribution >= 4 is 23.8 Å². The zero-order valence-corrected chi connectivity index (χ0v) is 14.8. The van der Waals surface area contributed by atoms with Crippen LogP contribution in [0.5, 0.6) is 0 Å². The molecule has 1 aliphatic heterocycles. The molecule has 1 saturated heterocycles. The van der Waals surface area contributed by atoms with Gasteiger partial charge in [-0.3, -0.25) is 19.2 Å². The summed E-state index contributed by atoms with van der Waals surface area (Å²) in [5, 5.41) is 6.06. The van der Waals surface area contributed by atoms with Crippen molar-refractivity contribution in [2.45, 2.75) is 51.7 Å². The molecule has 1 aliphatic rings. The highest BCUT2D eigenvalue weighted by molar-refractivity contribution is 5.74. The highest BCUT2D eigenvalue weighted by Gasteiger charge is 2.59. The van der Waals surface area contributed by atoms with Crippen LogP contribution in [0.4, 0.5) is 0 Å². The van der Waals surface area contributed by atoms with E-state index in [-0.39, 0.29) is 13.2 Å². The van der Waals surface area contributed by atoms with E-state index in [9.17, 15) is 19.2 Å². The molecule has 4 atom stereocenters. The number of nitrogens with zero attached hydrogens (tertiary/aromatic N) is 2. The molecule has 0 aromatic heterocycles. The lowest BCUT2D eigenvalue weighted by Gasteiger charge is -2.43. The van der Waals surface area contributed by atoms with Crippen LogP contribution in [-0.2, 0) is 38.1 Å². The Morgan fingerprint density at radius 1 is 1.15 bits per heavy atom. The lowest BCUT2D eigenvalue weighted by Crippen LogP contribution is -2.69. The van der Waals surface area contributed by atoms with Crippen molar-refractivity contribution in [3.8, 4) is 0 Å². The average Bonchev–Trinajstić information content (AvgIpc) is 2.49. The molecular weight excluding hydrogens is 352 g/mol. The number of hydrogen-bond donors (Lipinski definition) is 2. The van der Waals surface area contributed by atoms with Crippen LogP contribution in [0.25, 0.3) is 0 Å². The molecule has 0 aromatic carbocycles. The van der Waals surface area contributed by atoms with E-state index in [4.69, 9.17) is 24.5 Å². The van der Waals surface area contributed by atoms with Crippen LogP contribution in [0.3, 0.4) is 0 Å². The predicted octanol–water partition coefficient (Wildman–Crippen LogP) is -0.806. The van der Waals surface area contributed by atoms with E-state index in [2.05, 4.69) is 15.3 Å². The summed E-state index contributed by atoms with van der Waals surface area (Å²) in [6.07, 6.45) is -3.63. The summed E-state index contributed by atoms with van der Waals surface area (Å²) in [4.78, 5) is 48.7. The third kappa shape index (κ3) is 5.60. The van der Waals surface area contributed by atoms with E-state index in [0.29, 0.717) is 0 Å². The Kier molecular flexibility index (Phi) is 7.35. The molecule has 12 heteroatoms. The molecule has 0 aromatic rings. The lowest BCUT2D eigenvalue weighted by atomic mass is 9.92. The van der Waals surface area contributed by atoms with Crippen LogP contribution in [0.1, 0.15) is 27.7 Å². The third-order valence-corrected chi connectivity index (χ3v) is 3.32. The molecule has 2 N–H and O–H groups in total. The zero-order chi connectivity index (χ0) is 19.9. The van der Waals surface area contributed by atoms with Crippen molar-refractivity contribution in [3.05, 3.63) is 0 Å². The van der Waals surface area contributed by atoms with E-state index in [1.807, 2.05) is 0 Å². The maximum Gasteiger partial charge on any atom is 0.303 e. The number of nitrogens with one attached hydrogen (secondary N) is 2. The first-order chi connectivity index (χ1) is 12.1. The van der Waals surface area contributed by atoms with E-state index in [1.165, 1.54) is 13.8 Å². The van der Waals surface area contributed by atoms with Gasteiger partial charge in [0.1, 0.15) is 24.8 Å². The summed E-state index contributed by atoms with van der Waals surface area (Å²) in [7, 11) is 0. The maximum atomic E-state index is 11.6. The predicted molar refractivity (Wildman–Crippen MR) is 81.3 cm³/mol. The Labute approximate surface area is 148 Å². The smallest absolute Gasteiger partial charge is 0.303 e. The highest BCUT2D eigenvalue weighted by atomic mass is 16.6. The van der Waals surface area contributed by atoms with Gasteiger partial charge in [0.25, 0.3) is 5.66 Å². The molecule has 0 radical (unpaired) electrons. The van der Waals surface area contributed by atoms with E-state index >= 15 is 0 Å². The number of amides is 1. The molecule has 26 heavy (non-hydrogen) atoms. The number of carbonyl (C=O) groups is 4. The Morgan fingerprint density at radius 3 is 2.23 bits per heavy atom. The van der Waals surface area contributed by atoms with Crippen molar-refractivity contribution in [2.24, 2.45) is 5.11 Å². The second kappa shape index (κ2) is 9.02. The van der Waals surface area contributed by atoms with Gasteiger partial charge in [0.2, 0.25) is 10.8 Å². The second-order valence-corrected chi connectivity index (χ2v) is 5.56. The molecule has 0 unspecified atom stereocenters. The Bertz CT molecular complexity index is 632. The fourth-order valence-electron chi connectivity index (χ4n) is 2.50. The summed E-state index contributed by atoms with van der Waals surface area (Å²) >= 11 is 0. The second-order valence-electron chi connectivity index (χ2n) is 5.56. The van der Waals surface area contributed by atoms with Gasteiger partial charge in [0, 0.05) is 27.7 Å². The molecule has 0 aliphatic carbocycles. The van der Waals surface area contributed by atoms with Crippen LogP contribution in [0, 0.1) is 5.53 Å². The van der Waals surface area contributed by atoms with Gasteiger partial charge in [-0.2, -0.15) is 0 Å². The van der Waals surface area contributed by atoms with E-state index < -0.39 is 47.8 Å². The molecule has 1 amide bonds. The van der Waals surface area contributed by atoms with Gasteiger partial charge in [-0.05, 0) is 0 Å². The van der Waals surface area contributed by atoms with Gasteiger partial charge < -0.3 is 24.3 Å². The van der Waals surface area contributed by atoms with Crippen LogP contribution >= 0.6 is 0 Å². The van der Waals surface area contributed by atoms with Gasteiger partial charge in [0.15, 0.2) is 17.3 Å². The highest BCUT2D eigenvalue weighted by Crippen LogP contribution is 2.31. The Morgan fingerprint density at radius 2 is 1.77 bits per heavy atom. The fraction of sp³-hybridized carbons (Fsp3) is 0.714. The lowest BCUT2D eigenvalue weighted by molar-refractivity contribution is -0.222. The number of carbonyl (C=O) groups excluding carboxylic acids is 4. The van der Waals surface area contributed by atoms with E-state index in [1.54, 1.807) is 0 Å². The first kappa shape index (κ1) is 21.2. The molecular formula is C14H21N4O8+. The molecule has 12 nitrogen and oxygen atoms in total. The molecule has 0 saturated carbocycles. The SMILES string of the molecule is CC(=O)N[C@]1(N=[N+]=N)CO[C@H](COC(C)=O)[C@@H](OC(C)=O)[C@@H]1OC(C)=O. The standard InChI is InChI=1S/C14H20N4O8/c1-7(19)16-14(17-18-15)6-24-11(5-23-8(2)20)12(25-9(3)21)13(14)26-10(4)22/h11-13,15H,5-6H2,1-4H3/p+1/t11-,12-,13+,14+/m1/s1. The van der Waals surface area contributed by atoms with Crippen molar-refractivity contribution in [3.63, 3.8) is 0 Å². The minimum absolute atomic E-state index is 0.292. The minimum Gasteiger partial charge on any atom is -0.463 e. The normalized spacial score (nSPS) is 27.5. The fourth-order valence-corrected chi connectivity index (χ4v) is 2.50.